The van der Waals surface area contributed by atoms with Crippen LogP contribution in [0.4, 0.5) is 0 Å². The molecule has 1 atom stereocenters. The van der Waals surface area contributed by atoms with E-state index in [0.717, 1.165) is 22.3 Å². The molecule has 0 unspecified atom stereocenters. The molecule has 2 aliphatic heterocycles. The zero-order chi connectivity index (χ0) is 21.6. The summed E-state index contributed by atoms with van der Waals surface area (Å²) in [4.78, 5) is 24.1. The van der Waals surface area contributed by atoms with E-state index in [1.54, 1.807) is 12.1 Å². The van der Waals surface area contributed by atoms with Crippen LogP contribution in [0.15, 0.2) is 51.7 Å². The van der Waals surface area contributed by atoms with Crippen molar-refractivity contribution in [2.24, 2.45) is 0 Å². The number of esters is 1. The molecule has 0 N–H and O–H groups in total. The van der Waals surface area contributed by atoms with Gasteiger partial charge >= 0.3 is 11.6 Å². The zero-order valence-electron chi connectivity index (χ0n) is 17.3. The fourth-order valence-corrected chi connectivity index (χ4v) is 3.94. The van der Waals surface area contributed by atoms with Gasteiger partial charge in [-0.2, -0.15) is 0 Å². The van der Waals surface area contributed by atoms with Crippen molar-refractivity contribution in [1.29, 1.82) is 0 Å². The number of ether oxygens (including phenoxy) is 4. The van der Waals surface area contributed by atoms with Crippen molar-refractivity contribution in [1.82, 2.24) is 0 Å². The van der Waals surface area contributed by atoms with Gasteiger partial charge in [0.2, 0.25) is 6.79 Å². The summed E-state index contributed by atoms with van der Waals surface area (Å²) in [6, 6.07) is 12.4. The Labute approximate surface area is 178 Å². The maximum Gasteiger partial charge on any atom is 0.336 e. The van der Waals surface area contributed by atoms with E-state index in [-0.39, 0.29) is 19.2 Å². The Balaban J connectivity index is 1.28. The van der Waals surface area contributed by atoms with Gasteiger partial charge in [-0.15, -0.1) is 0 Å². The molecule has 0 spiro atoms. The third-order valence-corrected chi connectivity index (χ3v) is 5.68. The van der Waals surface area contributed by atoms with Crippen molar-refractivity contribution >= 4 is 16.9 Å². The molecule has 0 aliphatic carbocycles. The van der Waals surface area contributed by atoms with Gasteiger partial charge < -0.3 is 23.4 Å². The second-order valence-electron chi connectivity index (χ2n) is 8.33. The Morgan fingerprint density at radius 3 is 2.77 bits per heavy atom. The van der Waals surface area contributed by atoms with Gasteiger partial charge in [-0.1, -0.05) is 6.07 Å². The molecule has 0 saturated carbocycles. The largest absolute Gasteiger partial charge is 0.484 e. The number of aryl methyl sites for hydroxylation is 1. The lowest BCUT2D eigenvalue weighted by atomic mass is 9.90. The number of fused-ring (bicyclic) bond motifs is 3. The molecule has 0 fully saturated rings. The van der Waals surface area contributed by atoms with Gasteiger partial charge in [-0.05, 0) is 55.7 Å². The van der Waals surface area contributed by atoms with Gasteiger partial charge in [0.05, 0.1) is 0 Å². The first-order valence-corrected chi connectivity index (χ1v) is 10.2. The zero-order valence-corrected chi connectivity index (χ0v) is 17.3. The summed E-state index contributed by atoms with van der Waals surface area (Å²) >= 11 is 0. The minimum Gasteiger partial charge on any atom is -0.484 e. The summed E-state index contributed by atoms with van der Waals surface area (Å²) in [6.07, 6.45) is 0.885. The lowest BCUT2D eigenvalue weighted by Gasteiger charge is -2.39. The van der Waals surface area contributed by atoms with Gasteiger partial charge in [-0.3, -0.25) is 4.79 Å². The van der Waals surface area contributed by atoms with Crippen LogP contribution in [0.2, 0.25) is 0 Å². The highest BCUT2D eigenvalue weighted by molar-refractivity contribution is 5.79. The van der Waals surface area contributed by atoms with Crippen LogP contribution in [0, 0.1) is 0 Å². The molecule has 160 valence electrons. The molecule has 2 aromatic carbocycles. The first-order chi connectivity index (χ1) is 14.9. The van der Waals surface area contributed by atoms with Crippen LogP contribution in [0.1, 0.15) is 31.4 Å². The number of carbonyl (C=O) groups is 1. The molecule has 0 amide bonds. The highest BCUT2D eigenvalue weighted by Crippen LogP contribution is 2.37. The Bertz CT molecular complexity index is 1220. The third-order valence-electron chi connectivity index (χ3n) is 5.68. The van der Waals surface area contributed by atoms with E-state index in [0.29, 0.717) is 29.9 Å². The highest BCUT2D eigenvalue weighted by atomic mass is 16.7. The Kier molecular flexibility index (Phi) is 4.61. The van der Waals surface area contributed by atoms with E-state index < -0.39 is 17.3 Å². The molecule has 3 aromatic rings. The van der Waals surface area contributed by atoms with Crippen LogP contribution in [0.25, 0.3) is 11.0 Å². The average molecular weight is 422 g/mol. The van der Waals surface area contributed by atoms with Crippen molar-refractivity contribution in [3.8, 4) is 17.2 Å². The van der Waals surface area contributed by atoms with Crippen LogP contribution < -0.4 is 19.8 Å². The number of hydrogen-bond acceptors (Lipinski definition) is 7. The smallest absolute Gasteiger partial charge is 0.336 e. The van der Waals surface area contributed by atoms with Crippen LogP contribution in [-0.2, 0) is 22.4 Å². The summed E-state index contributed by atoms with van der Waals surface area (Å²) in [5.41, 5.74) is 1.25. The maximum atomic E-state index is 12.6. The monoisotopic (exact) mass is 422 g/mol. The van der Waals surface area contributed by atoms with Gasteiger partial charge in [0.15, 0.2) is 11.5 Å². The fraction of sp³-hybridized carbons (Fsp3) is 0.333. The first-order valence-electron chi connectivity index (χ1n) is 10.2. The number of rotatable bonds is 4. The lowest BCUT2D eigenvalue weighted by molar-refractivity contribution is -0.161. The normalized spacial score (nSPS) is 18.3. The van der Waals surface area contributed by atoms with E-state index in [2.05, 4.69) is 0 Å². The molecule has 7 heteroatoms. The minimum atomic E-state index is -0.718. The minimum absolute atomic E-state index is 0.223. The van der Waals surface area contributed by atoms with E-state index in [9.17, 15) is 9.59 Å². The standard InChI is InChI=1S/C24H22O7/c1-24(2)21(11-16-10-15-5-8-22(25)29-18(15)12-19(16)31-24)30-23(26)7-4-14-3-6-17-20(9-14)28-13-27-17/h3,5-6,8-10,12,21H,4,7,11,13H2,1-2H3/t21-/m0/s1. The highest BCUT2D eigenvalue weighted by Gasteiger charge is 2.40. The maximum absolute atomic E-state index is 12.6. The number of hydrogen-bond donors (Lipinski definition) is 0. The topological polar surface area (TPSA) is 84.2 Å². The Morgan fingerprint density at radius 1 is 1.06 bits per heavy atom. The number of benzene rings is 2. The molecular formula is C24H22O7. The molecular weight excluding hydrogens is 400 g/mol. The lowest BCUT2D eigenvalue weighted by Crippen LogP contribution is -2.48. The SMILES string of the molecule is CC1(C)Oc2cc3oc(=O)ccc3cc2C[C@@H]1OC(=O)CCc1ccc2c(c1)OCO2. The Morgan fingerprint density at radius 2 is 1.90 bits per heavy atom. The predicted octanol–water partition coefficient (Wildman–Crippen LogP) is 3.78. The quantitative estimate of drug-likeness (QED) is 0.467. The molecule has 1 aromatic heterocycles. The van der Waals surface area contributed by atoms with E-state index in [1.807, 2.05) is 38.1 Å². The van der Waals surface area contributed by atoms with Gasteiger partial charge in [0, 0.05) is 30.4 Å². The van der Waals surface area contributed by atoms with Crippen molar-refractivity contribution in [2.45, 2.75) is 44.8 Å². The molecule has 0 radical (unpaired) electrons. The molecule has 0 saturated heterocycles. The molecule has 7 nitrogen and oxygen atoms in total. The third kappa shape index (κ3) is 3.83. The van der Waals surface area contributed by atoms with Gasteiger partial charge in [0.1, 0.15) is 23.0 Å². The van der Waals surface area contributed by atoms with Gasteiger partial charge in [-0.25, -0.2) is 4.79 Å². The second kappa shape index (κ2) is 7.34. The molecule has 0 bridgehead atoms. The first kappa shape index (κ1) is 19.5. The van der Waals surface area contributed by atoms with Crippen molar-refractivity contribution < 1.29 is 28.2 Å². The van der Waals surface area contributed by atoms with Crippen molar-refractivity contribution in [3.63, 3.8) is 0 Å². The van der Waals surface area contributed by atoms with Crippen molar-refractivity contribution in [2.75, 3.05) is 6.79 Å². The molecule has 5 rings (SSSR count). The molecule has 31 heavy (non-hydrogen) atoms. The van der Waals surface area contributed by atoms with Gasteiger partial charge in [0.25, 0.3) is 0 Å². The van der Waals surface area contributed by atoms with E-state index >= 15 is 0 Å². The predicted molar refractivity (Wildman–Crippen MR) is 112 cm³/mol. The Hall–Kier alpha value is -3.48. The molecule has 3 heterocycles. The summed E-state index contributed by atoms with van der Waals surface area (Å²) in [6.45, 7) is 3.99. The van der Waals surface area contributed by atoms with Crippen molar-refractivity contribution in [3.05, 3.63) is 64.0 Å². The summed E-state index contributed by atoms with van der Waals surface area (Å²) in [5.74, 6) is 1.78. The van der Waals surface area contributed by atoms with Crippen LogP contribution in [0.5, 0.6) is 17.2 Å². The van der Waals surface area contributed by atoms with Crippen LogP contribution in [-0.4, -0.2) is 24.5 Å². The summed E-state index contributed by atoms with van der Waals surface area (Å²) in [7, 11) is 0. The summed E-state index contributed by atoms with van der Waals surface area (Å²) < 4.78 is 27.9. The van der Waals surface area contributed by atoms with E-state index in [1.165, 1.54) is 6.07 Å². The second-order valence-corrected chi connectivity index (χ2v) is 8.33. The summed E-state index contributed by atoms with van der Waals surface area (Å²) in [5, 5.41) is 0.801. The van der Waals surface area contributed by atoms with Crippen LogP contribution >= 0.6 is 0 Å². The average Bonchev–Trinajstić information content (AvgIpc) is 3.19. The van der Waals surface area contributed by atoms with Crippen LogP contribution in [0.3, 0.4) is 0 Å². The molecule has 2 aliphatic rings. The fourth-order valence-electron chi connectivity index (χ4n) is 3.94. The van der Waals surface area contributed by atoms with E-state index in [4.69, 9.17) is 23.4 Å². The number of carbonyl (C=O) groups excluding carboxylic acids is 1.